The zero-order chi connectivity index (χ0) is 24.7. The number of nitriles is 1. The molecule has 2 atom stereocenters. The predicted molar refractivity (Wildman–Crippen MR) is 133 cm³/mol. The minimum absolute atomic E-state index is 0.148. The van der Waals surface area contributed by atoms with Crippen LogP contribution in [0.5, 0.6) is 0 Å². The van der Waals surface area contributed by atoms with Crippen molar-refractivity contribution in [2.45, 2.75) is 31.3 Å². The van der Waals surface area contributed by atoms with Gasteiger partial charge in [-0.15, -0.1) is 0 Å². The maximum absolute atomic E-state index is 13.7. The molecule has 4 aromatic rings. The van der Waals surface area contributed by atoms with Crippen molar-refractivity contribution in [3.8, 4) is 17.2 Å². The summed E-state index contributed by atoms with van der Waals surface area (Å²) in [7, 11) is -1.79. The van der Waals surface area contributed by atoms with Gasteiger partial charge in [-0.25, -0.2) is 24.2 Å². The molecule has 1 amide bonds. The molecule has 9 heteroatoms. The number of imidazole rings is 1. The molecule has 2 aromatic carbocycles. The lowest BCUT2D eigenvalue weighted by atomic mass is 10.0. The number of benzene rings is 2. The van der Waals surface area contributed by atoms with E-state index in [9.17, 15) is 9.00 Å². The summed E-state index contributed by atoms with van der Waals surface area (Å²) in [6, 6.07) is 18.6. The molecule has 0 saturated heterocycles. The van der Waals surface area contributed by atoms with E-state index < -0.39 is 17.0 Å². The second kappa shape index (κ2) is 8.91. The van der Waals surface area contributed by atoms with Gasteiger partial charge in [0.25, 0.3) is 5.91 Å². The monoisotopic (exact) mass is 482 g/mol. The number of nitrogens with zero attached hydrogens (tertiary/aromatic N) is 5. The molecule has 2 unspecified atom stereocenters. The molecule has 0 bridgehead atoms. The van der Waals surface area contributed by atoms with Crippen LogP contribution in [0.1, 0.15) is 28.4 Å². The van der Waals surface area contributed by atoms with Gasteiger partial charge in [-0.2, -0.15) is 5.26 Å². The third-order valence-corrected chi connectivity index (χ3v) is 6.74. The number of anilines is 2. The summed E-state index contributed by atoms with van der Waals surface area (Å²) in [6.45, 7) is 3.96. The largest absolute Gasteiger partial charge is 0.288 e. The van der Waals surface area contributed by atoms with Crippen molar-refractivity contribution in [1.29, 1.82) is 5.26 Å². The van der Waals surface area contributed by atoms with Crippen molar-refractivity contribution in [3.05, 3.63) is 89.4 Å². The average molecular weight is 483 g/mol. The van der Waals surface area contributed by atoms with Gasteiger partial charge in [-0.05, 0) is 60.4 Å². The van der Waals surface area contributed by atoms with Crippen LogP contribution in [0.3, 0.4) is 0 Å². The van der Waals surface area contributed by atoms with E-state index >= 15 is 0 Å². The number of rotatable bonds is 5. The zero-order valence-electron chi connectivity index (χ0n) is 19.2. The Bertz CT molecular complexity index is 1480. The Kier molecular flexibility index (Phi) is 5.76. The first-order valence-electron chi connectivity index (χ1n) is 11.0. The number of aromatic nitrogens is 3. The lowest BCUT2D eigenvalue weighted by molar-refractivity contribution is -0.119. The van der Waals surface area contributed by atoms with Crippen molar-refractivity contribution >= 4 is 28.5 Å². The Labute approximate surface area is 205 Å². The third kappa shape index (κ3) is 4.14. The number of amides is 1. The van der Waals surface area contributed by atoms with Gasteiger partial charge in [-0.3, -0.25) is 9.36 Å². The van der Waals surface area contributed by atoms with E-state index in [1.54, 1.807) is 21.7 Å². The van der Waals surface area contributed by atoms with Crippen molar-refractivity contribution in [2.24, 2.45) is 5.14 Å². The SMILES string of the molecule is Cc1cc(C)cc(N2C(=O)C(Cc3ccc(-c4ccc(C#N)nc4)cc3)n3c(S(N)=O)cnc32)c1. The highest BCUT2D eigenvalue weighted by Gasteiger charge is 2.41. The molecule has 0 aliphatic carbocycles. The molecule has 1 aliphatic heterocycles. The molecular weight excluding hydrogens is 460 g/mol. The lowest BCUT2D eigenvalue weighted by Crippen LogP contribution is -2.27. The Hall–Kier alpha value is -4.13. The quantitative estimate of drug-likeness (QED) is 0.463. The number of aryl methyl sites for hydroxylation is 2. The topological polar surface area (TPSA) is 118 Å². The number of hydrogen-bond donors (Lipinski definition) is 1. The molecule has 1 aliphatic rings. The first-order valence-corrected chi connectivity index (χ1v) is 12.2. The summed E-state index contributed by atoms with van der Waals surface area (Å²) >= 11 is 0. The van der Waals surface area contributed by atoms with Gasteiger partial charge in [-0.1, -0.05) is 30.3 Å². The number of carbonyl (C=O) groups excluding carboxylic acids is 1. The van der Waals surface area contributed by atoms with Gasteiger partial charge in [0.15, 0.2) is 0 Å². The lowest BCUT2D eigenvalue weighted by Gasteiger charge is -2.17. The molecule has 8 nitrogen and oxygen atoms in total. The maximum Gasteiger partial charge on any atom is 0.257 e. The van der Waals surface area contributed by atoms with Crippen LogP contribution >= 0.6 is 0 Å². The van der Waals surface area contributed by atoms with E-state index in [1.807, 2.05) is 68.4 Å². The number of nitrogens with two attached hydrogens (primary N) is 1. The molecule has 0 radical (unpaired) electrons. The second-order valence-electron chi connectivity index (χ2n) is 8.54. The van der Waals surface area contributed by atoms with Crippen molar-refractivity contribution < 1.29 is 9.00 Å². The Morgan fingerprint density at radius 3 is 2.29 bits per heavy atom. The molecule has 35 heavy (non-hydrogen) atoms. The van der Waals surface area contributed by atoms with Crippen LogP contribution in [0, 0.1) is 25.2 Å². The van der Waals surface area contributed by atoms with E-state index in [-0.39, 0.29) is 5.91 Å². The molecule has 0 spiro atoms. The first-order chi connectivity index (χ1) is 16.9. The number of fused-ring (bicyclic) bond motifs is 1. The van der Waals surface area contributed by atoms with Crippen LogP contribution in [0.2, 0.25) is 0 Å². The number of pyridine rings is 1. The van der Waals surface area contributed by atoms with Gasteiger partial charge in [0, 0.05) is 18.2 Å². The Morgan fingerprint density at radius 1 is 1.00 bits per heavy atom. The summed E-state index contributed by atoms with van der Waals surface area (Å²) < 4.78 is 13.9. The smallest absolute Gasteiger partial charge is 0.257 e. The molecule has 174 valence electrons. The normalized spacial score (nSPS) is 15.7. The van der Waals surface area contributed by atoms with Crippen LogP contribution in [0.15, 0.2) is 72.0 Å². The van der Waals surface area contributed by atoms with E-state index in [0.29, 0.717) is 23.1 Å². The van der Waals surface area contributed by atoms with Gasteiger partial charge in [0.2, 0.25) is 5.95 Å². The fourth-order valence-electron chi connectivity index (χ4n) is 4.49. The highest BCUT2D eigenvalue weighted by molar-refractivity contribution is 7.82. The highest BCUT2D eigenvalue weighted by atomic mass is 32.2. The predicted octanol–water partition coefficient (Wildman–Crippen LogP) is 3.88. The first kappa shape index (κ1) is 22.7. The zero-order valence-corrected chi connectivity index (χ0v) is 20.0. The molecule has 3 heterocycles. The van der Waals surface area contributed by atoms with E-state index in [1.165, 1.54) is 6.20 Å². The second-order valence-corrected chi connectivity index (χ2v) is 9.56. The van der Waals surface area contributed by atoms with E-state index in [0.717, 1.165) is 33.5 Å². The van der Waals surface area contributed by atoms with Gasteiger partial charge >= 0.3 is 0 Å². The number of carbonyl (C=O) groups is 1. The van der Waals surface area contributed by atoms with Crippen LogP contribution in [-0.2, 0) is 22.2 Å². The number of hydrogen-bond acceptors (Lipinski definition) is 5. The Balaban J connectivity index is 1.49. The standard InChI is InChI=1S/C26H22N6O2S/c1-16-9-17(2)11-22(10-16)31-25(33)23(32-24(35(28)34)15-30-26(31)32)12-18-3-5-19(6-4-18)20-7-8-21(13-27)29-14-20/h3-11,14-15,23H,12,28H2,1-2H3. The van der Waals surface area contributed by atoms with E-state index in [2.05, 4.69) is 9.97 Å². The molecule has 2 N–H and O–H groups in total. The van der Waals surface area contributed by atoms with Crippen LogP contribution in [0.4, 0.5) is 11.6 Å². The Morgan fingerprint density at radius 2 is 1.69 bits per heavy atom. The fraction of sp³-hybridized carbons (Fsp3) is 0.154. The fourth-order valence-corrected chi connectivity index (χ4v) is 5.05. The molecular formula is C26H22N6O2S. The summed E-state index contributed by atoms with van der Waals surface area (Å²) in [5, 5.41) is 15.0. The van der Waals surface area contributed by atoms with Crippen molar-refractivity contribution in [2.75, 3.05) is 4.90 Å². The van der Waals surface area contributed by atoms with Crippen molar-refractivity contribution in [3.63, 3.8) is 0 Å². The highest BCUT2D eigenvalue weighted by Crippen LogP contribution is 2.39. The minimum atomic E-state index is -1.79. The summed E-state index contributed by atoms with van der Waals surface area (Å²) in [5.41, 5.74) is 5.93. The third-order valence-electron chi connectivity index (χ3n) is 6.03. The minimum Gasteiger partial charge on any atom is -0.288 e. The molecule has 5 rings (SSSR count). The van der Waals surface area contributed by atoms with Crippen molar-refractivity contribution in [1.82, 2.24) is 14.5 Å². The van der Waals surface area contributed by atoms with Gasteiger partial charge < -0.3 is 0 Å². The maximum atomic E-state index is 13.7. The van der Waals surface area contributed by atoms with Crippen LogP contribution in [-0.4, -0.2) is 24.7 Å². The summed E-state index contributed by atoms with van der Waals surface area (Å²) in [6.07, 6.45) is 3.53. The molecule has 0 saturated carbocycles. The summed E-state index contributed by atoms with van der Waals surface area (Å²) in [4.78, 5) is 23.8. The van der Waals surface area contributed by atoms with Gasteiger partial charge in [0.1, 0.15) is 33.8 Å². The molecule has 2 aromatic heterocycles. The average Bonchev–Trinajstić information content (AvgIpc) is 3.37. The van der Waals surface area contributed by atoms with Crippen LogP contribution < -0.4 is 10.0 Å². The van der Waals surface area contributed by atoms with E-state index in [4.69, 9.17) is 10.4 Å². The van der Waals surface area contributed by atoms with Crippen LogP contribution in [0.25, 0.3) is 11.1 Å². The molecule has 0 fully saturated rings. The summed E-state index contributed by atoms with van der Waals surface area (Å²) in [5.74, 6) is 0.268. The van der Waals surface area contributed by atoms with Gasteiger partial charge in [0.05, 0.1) is 11.9 Å².